The van der Waals surface area contributed by atoms with Gasteiger partial charge in [0.1, 0.15) is 11.6 Å². The van der Waals surface area contributed by atoms with E-state index in [1.807, 2.05) is 24.3 Å². The molecular weight excluding hydrogens is 307 g/mol. The molecule has 0 aliphatic carbocycles. The molecule has 5 heteroatoms. The lowest BCUT2D eigenvalue weighted by molar-refractivity contribution is 0.258. The predicted octanol–water partition coefficient (Wildman–Crippen LogP) is 4.59. The molecule has 0 bridgehead atoms. The number of ether oxygens (including phenoxy) is 1. The Kier molecular flexibility index (Phi) is 3.05. The summed E-state index contributed by atoms with van der Waals surface area (Å²) in [6.45, 7) is 0.623. The van der Waals surface area contributed by atoms with Gasteiger partial charge in [0.05, 0.1) is 33.6 Å². The molecule has 106 valence electrons. The lowest BCUT2D eigenvalue weighted by Crippen LogP contribution is -2.20. The molecule has 1 aromatic heterocycles. The van der Waals surface area contributed by atoms with Crippen molar-refractivity contribution in [1.82, 2.24) is 9.97 Å². The average molecular weight is 319 g/mol. The van der Waals surface area contributed by atoms with Crippen molar-refractivity contribution in [2.75, 3.05) is 6.61 Å². The lowest BCUT2D eigenvalue weighted by atomic mass is 9.96. The van der Waals surface area contributed by atoms with E-state index in [-0.39, 0.29) is 5.92 Å². The number of aromatic nitrogens is 2. The van der Waals surface area contributed by atoms with Crippen LogP contribution < -0.4 is 4.74 Å². The minimum Gasteiger partial charge on any atom is -0.493 e. The highest BCUT2D eigenvalue weighted by Crippen LogP contribution is 2.33. The van der Waals surface area contributed by atoms with E-state index in [1.54, 1.807) is 6.07 Å². The van der Waals surface area contributed by atoms with Crippen molar-refractivity contribution in [3.63, 3.8) is 0 Å². The van der Waals surface area contributed by atoms with Gasteiger partial charge in [-0.1, -0.05) is 41.4 Å². The molecule has 0 spiro atoms. The van der Waals surface area contributed by atoms with Gasteiger partial charge in [0, 0.05) is 0 Å². The molecule has 2 heterocycles. The second kappa shape index (κ2) is 4.93. The molecule has 2 aromatic carbocycles. The Morgan fingerprint density at radius 1 is 1.14 bits per heavy atom. The maximum Gasteiger partial charge on any atom is 0.122 e. The Balaban J connectivity index is 1.71. The first-order chi connectivity index (χ1) is 10.2. The molecule has 0 amide bonds. The van der Waals surface area contributed by atoms with E-state index in [0.717, 1.165) is 29.0 Å². The van der Waals surface area contributed by atoms with Crippen LogP contribution in [-0.2, 0) is 6.42 Å². The summed E-state index contributed by atoms with van der Waals surface area (Å²) in [6.07, 6.45) is 0.914. The normalized spacial score (nSPS) is 17.5. The fourth-order valence-electron chi connectivity index (χ4n) is 2.72. The largest absolute Gasteiger partial charge is 0.493 e. The van der Waals surface area contributed by atoms with E-state index in [1.165, 1.54) is 5.56 Å². The van der Waals surface area contributed by atoms with E-state index >= 15 is 0 Å². The minimum atomic E-state index is 0.213. The van der Waals surface area contributed by atoms with Gasteiger partial charge in [-0.2, -0.15) is 0 Å². The van der Waals surface area contributed by atoms with Crippen LogP contribution in [0.1, 0.15) is 17.3 Å². The monoisotopic (exact) mass is 318 g/mol. The molecule has 3 nitrogen and oxygen atoms in total. The van der Waals surface area contributed by atoms with Crippen LogP contribution in [0.4, 0.5) is 0 Å². The number of H-pyrrole nitrogens is 1. The molecule has 0 saturated heterocycles. The second-order valence-corrected chi connectivity index (χ2v) is 6.04. The molecule has 1 aliphatic rings. The van der Waals surface area contributed by atoms with Crippen molar-refractivity contribution >= 4 is 34.2 Å². The molecular formula is C16H12Cl2N2O. The maximum absolute atomic E-state index is 6.05. The van der Waals surface area contributed by atoms with Gasteiger partial charge in [-0.15, -0.1) is 0 Å². The summed E-state index contributed by atoms with van der Waals surface area (Å²) in [7, 11) is 0. The number of para-hydroxylation sites is 1. The Morgan fingerprint density at radius 2 is 1.95 bits per heavy atom. The van der Waals surface area contributed by atoms with Crippen LogP contribution in [0.15, 0.2) is 36.4 Å². The van der Waals surface area contributed by atoms with Gasteiger partial charge >= 0.3 is 0 Å². The summed E-state index contributed by atoms with van der Waals surface area (Å²) in [5.74, 6) is 2.10. The highest BCUT2D eigenvalue weighted by Gasteiger charge is 2.23. The van der Waals surface area contributed by atoms with Crippen molar-refractivity contribution in [1.29, 1.82) is 0 Å². The number of fused-ring (bicyclic) bond motifs is 2. The number of nitrogens with one attached hydrogen (secondary N) is 1. The molecule has 4 rings (SSSR count). The third kappa shape index (κ3) is 2.27. The summed E-state index contributed by atoms with van der Waals surface area (Å²) in [6, 6.07) is 11.7. The van der Waals surface area contributed by atoms with Gasteiger partial charge < -0.3 is 9.72 Å². The summed E-state index contributed by atoms with van der Waals surface area (Å²) in [5.41, 5.74) is 2.95. The zero-order valence-corrected chi connectivity index (χ0v) is 12.6. The molecule has 1 unspecified atom stereocenters. The van der Waals surface area contributed by atoms with Crippen LogP contribution in [0.25, 0.3) is 11.0 Å². The first-order valence-corrected chi connectivity index (χ1v) is 7.51. The molecule has 1 atom stereocenters. The fourth-order valence-corrected chi connectivity index (χ4v) is 3.04. The lowest BCUT2D eigenvalue weighted by Gasteiger charge is -2.23. The van der Waals surface area contributed by atoms with Crippen LogP contribution in [0, 0.1) is 0 Å². The third-order valence-corrected chi connectivity index (χ3v) is 4.53. The quantitative estimate of drug-likeness (QED) is 0.712. The fraction of sp³-hybridized carbons (Fsp3) is 0.188. The summed E-state index contributed by atoms with van der Waals surface area (Å²) < 4.78 is 5.82. The van der Waals surface area contributed by atoms with Gasteiger partial charge in [-0.25, -0.2) is 4.98 Å². The summed E-state index contributed by atoms with van der Waals surface area (Å²) in [5, 5.41) is 1.05. The van der Waals surface area contributed by atoms with E-state index < -0.39 is 0 Å². The van der Waals surface area contributed by atoms with E-state index in [9.17, 15) is 0 Å². The molecule has 1 aliphatic heterocycles. The number of benzene rings is 2. The Bertz CT molecular complexity index is 789. The molecule has 0 fully saturated rings. The molecule has 0 radical (unpaired) electrons. The highest BCUT2D eigenvalue weighted by atomic mass is 35.5. The third-order valence-electron chi connectivity index (χ3n) is 3.81. The van der Waals surface area contributed by atoms with Crippen LogP contribution in [0.2, 0.25) is 10.0 Å². The van der Waals surface area contributed by atoms with Gasteiger partial charge in [-0.05, 0) is 30.2 Å². The smallest absolute Gasteiger partial charge is 0.122 e. The van der Waals surface area contributed by atoms with Crippen molar-refractivity contribution in [2.45, 2.75) is 12.3 Å². The maximum atomic E-state index is 6.05. The van der Waals surface area contributed by atoms with Crippen molar-refractivity contribution in [2.24, 2.45) is 0 Å². The molecule has 3 aromatic rings. The zero-order chi connectivity index (χ0) is 14.4. The van der Waals surface area contributed by atoms with Crippen LogP contribution in [0.3, 0.4) is 0 Å². The van der Waals surface area contributed by atoms with Gasteiger partial charge in [0.2, 0.25) is 0 Å². The first-order valence-electron chi connectivity index (χ1n) is 6.76. The van der Waals surface area contributed by atoms with Gasteiger partial charge in [-0.3, -0.25) is 0 Å². The van der Waals surface area contributed by atoms with Crippen LogP contribution in [0.5, 0.6) is 5.75 Å². The summed E-state index contributed by atoms with van der Waals surface area (Å²) >= 11 is 12.1. The second-order valence-electron chi connectivity index (χ2n) is 5.23. The number of hydrogen-bond acceptors (Lipinski definition) is 2. The Morgan fingerprint density at radius 3 is 2.86 bits per heavy atom. The van der Waals surface area contributed by atoms with E-state index in [4.69, 9.17) is 27.9 Å². The van der Waals surface area contributed by atoms with Gasteiger partial charge in [0.25, 0.3) is 0 Å². The first kappa shape index (κ1) is 13.0. The van der Waals surface area contributed by atoms with E-state index in [2.05, 4.69) is 16.0 Å². The standard InChI is InChI=1S/C16H12Cl2N2O/c17-11-6-13-14(7-12(11)18)20-16(19-13)10-5-9-3-1-2-4-15(9)21-8-10/h1-4,6-7,10H,5,8H2,(H,19,20). The topological polar surface area (TPSA) is 37.9 Å². The zero-order valence-electron chi connectivity index (χ0n) is 11.1. The predicted molar refractivity (Wildman–Crippen MR) is 84.5 cm³/mol. The van der Waals surface area contributed by atoms with Gasteiger partial charge in [0.15, 0.2) is 0 Å². The number of nitrogens with zero attached hydrogens (tertiary/aromatic N) is 1. The summed E-state index contributed by atoms with van der Waals surface area (Å²) in [4.78, 5) is 7.96. The van der Waals surface area contributed by atoms with Crippen molar-refractivity contribution < 1.29 is 4.74 Å². The number of aromatic amines is 1. The highest BCUT2D eigenvalue weighted by molar-refractivity contribution is 6.42. The molecule has 21 heavy (non-hydrogen) atoms. The SMILES string of the molecule is Clc1cc2nc(C3COc4ccccc4C3)[nH]c2cc1Cl. The van der Waals surface area contributed by atoms with Crippen LogP contribution >= 0.6 is 23.2 Å². The Labute approximate surface area is 131 Å². The minimum absolute atomic E-state index is 0.213. The number of rotatable bonds is 1. The number of imidazole rings is 1. The van der Waals surface area contributed by atoms with Crippen molar-refractivity contribution in [3.05, 3.63) is 57.8 Å². The average Bonchev–Trinajstić information content (AvgIpc) is 2.90. The number of halogens is 2. The van der Waals surface area contributed by atoms with E-state index in [0.29, 0.717) is 16.7 Å². The molecule has 1 N–H and O–H groups in total. The van der Waals surface area contributed by atoms with Crippen LogP contribution in [-0.4, -0.2) is 16.6 Å². The molecule has 0 saturated carbocycles. The number of hydrogen-bond donors (Lipinski definition) is 1. The van der Waals surface area contributed by atoms with Crippen molar-refractivity contribution in [3.8, 4) is 5.75 Å². The Hall–Kier alpha value is -1.71.